The first-order valence-electron chi connectivity index (χ1n) is 7.95. The van der Waals surface area contributed by atoms with Crippen molar-refractivity contribution in [3.05, 3.63) is 54.1 Å². The molecule has 4 nitrogen and oxygen atoms in total. The maximum Gasteiger partial charge on any atom is 0.165 e. The van der Waals surface area contributed by atoms with Crippen molar-refractivity contribution in [2.45, 2.75) is 6.54 Å². The molecule has 1 aliphatic rings. The van der Waals surface area contributed by atoms with E-state index in [-0.39, 0.29) is 0 Å². The van der Waals surface area contributed by atoms with Crippen molar-refractivity contribution in [2.24, 2.45) is 0 Å². The van der Waals surface area contributed by atoms with Crippen molar-refractivity contribution in [1.29, 1.82) is 0 Å². The molecule has 0 atom stereocenters. The Labute approximate surface area is 138 Å². The van der Waals surface area contributed by atoms with Crippen LogP contribution in [0.15, 0.2) is 42.5 Å². The Bertz CT molecular complexity index is 623. The van der Waals surface area contributed by atoms with Gasteiger partial charge < -0.3 is 14.4 Å². The van der Waals surface area contributed by atoms with Gasteiger partial charge in [0, 0.05) is 44.0 Å². The average Bonchev–Trinajstić information content (AvgIpc) is 2.63. The molecule has 0 aliphatic carbocycles. The third kappa shape index (κ3) is 3.59. The zero-order valence-corrected chi connectivity index (χ0v) is 13.8. The van der Waals surface area contributed by atoms with Gasteiger partial charge in [-0.1, -0.05) is 24.3 Å². The lowest BCUT2D eigenvalue weighted by atomic mass is 10.1. The Kier molecular flexibility index (Phi) is 5.03. The van der Waals surface area contributed by atoms with E-state index in [2.05, 4.69) is 34.1 Å². The maximum absolute atomic E-state index is 5.53. The Morgan fingerprint density at radius 1 is 1.00 bits per heavy atom. The minimum Gasteiger partial charge on any atom is -0.493 e. The van der Waals surface area contributed by atoms with Crippen LogP contribution in [-0.2, 0) is 6.54 Å². The highest BCUT2D eigenvalue weighted by atomic mass is 16.5. The van der Waals surface area contributed by atoms with Crippen LogP contribution < -0.4 is 14.4 Å². The molecule has 0 amide bonds. The van der Waals surface area contributed by atoms with Gasteiger partial charge in [0.25, 0.3) is 0 Å². The SMILES string of the molecule is COc1cccc(CN2CCN(c3c[c]ccc3)CC2)c1OC. The molecule has 1 fully saturated rings. The van der Waals surface area contributed by atoms with Crippen LogP contribution in [0.25, 0.3) is 0 Å². The van der Waals surface area contributed by atoms with Crippen LogP contribution in [0, 0.1) is 6.07 Å². The number of piperazine rings is 1. The third-order valence-corrected chi connectivity index (χ3v) is 4.31. The summed E-state index contributed by atoms with van der Waals surface area (Å²) < 4.78 is 10.9. The van der Waals surface area contributed by atoms with Crippen LogP contribution in [0.4, 0.5) is 5.69 Å². The molecule has 0 aromatic heterocycles. The van der Waals surface area contributed by atoms with E-state index in [0.29, 0.717) is 0 Å². The minimum atomic E-state index is 0.795. The maximum atomic E-state index is 5.53. The van der Waals surface area contributed by atoms with Crippen molar-refractivity contribution >= 4 is 5.69 Å². The summed E-state index contributed by atoms with van der Waals surface area (Å²) in [5, 5.41) is 0. The third-order valence-electron chi connectivity index (χ3n) is 4.31. The minimum absolute atomic E-state index is 0.795. The molecule has 121 valence electrons. The van der Waals surface area contributed by atoms with Gasteiger partial charge in [-0.25, -0.2) is 0 Å². The summed E-state index contributed by atoms with van der Waals surface area (Å²) in [7, 11) is 3.38. The Morgan fingerprint density at radius 3 is 2.48 bits per heavy atom. The van der Waals surface area contributed by atoms with E-state index in [9.17, 15) is 0 Å². The first-order valence-corrected chi connectivity index (χ1v) is 7.95. The number of anilines is 1. The Morgan fingerprint density at radius 2 is 1.83 bits per heavy atom. The molecule has 0 saturated carbocycles. The number of ether oxygens (including phenoxy) is 2. The van der Waals surface area contributed by atoms with Crippen molar-refractivity contribution in [3.63, 3.8) is 0 Å². The zero-order chi connectivity index (χ0) is 16.1. The number of para-hydroxylation sites is 1. The Balaban J connectivity index is 1.63. The van der Waals surface area contributed by atoms with Gasteiger partial charge in [-0.3, -0.25) is 4.90 Å². The van der Waals surface area contributed by atoms with E-state index in [1.54, 1.807) is 14.2 Å². The number of hydrogen-bond acceptors (Lipinski definition) is 4. The fourth-order valence-electron chi connectivity index (χ4n) is 3.06. The molecular weight excluding hydrogens is 288 g/mol. The summed E-state index contributed by atoms with van der Waals surface area (Å²) in [6.45, 7) is 5.02. The van der Waals surface area contributed by atoms with E-state index in [1.165, 1.54) is 11.3 Å². The van der Waals surface area contributed by atoms with E-state index in [4.69, 9.17) is 9.47 Å². The quantitative estimate of drug-likeness (QED) is 0.848. The second-order valence-electron chi connectivity index (χ2n) is 5.68. The second kappa shape index (κ2) is 7.38. The lowest BCUT2D eigenvalue weighted by Gasteiger charge is -2.36. The molecule has 4 heteroatoms. The molecule has 3 rings (SSSR count). The molecule has 1 radical (unpaired) electrons. The predicted octanol–water partition coefficient (Wildman–Crippen LogP) is 2.83. The molecule has 23 heavy (non-hydrogen) atoms. The normalized spacial score (nSPS) is 15.5. The molecular formula is C19H23N2O2. The van der Waals surface area contributed by atoms with Crippen LogP contribution in [0.5, 0.6) is 11.5 Å². The number of hydrogen-bond donors (Lipinski definition) is 0. The van der Waals surface area contributed by atoms with Gasteiger partial charge in [-0.2, -0.15) is 0 Å². The number of nitrogens with zero attached hydrogens (tertiary/aromatic N) is 2. The van der Waals surface area contributed by atoms with Crippen molar-refractivity contribution in [3.8, 4) is 11.5 Å². The molecule has 0 N–H and O–H groups in total. The van der Waals surface area contributed by atoms with Crippen LogP contribution in [-0.4, -0.2) is 45.3 Å². The molecule has 2 aromatic carbocycles. The molecule has 1 heterocycles. The highest BCUT2D eigenvalue weighted by Gasteiger charge is 2.19. The summed E-state index contributed by atoms with van der Waals surface area (Å²) in [5.41, 5.74) is 2.43. The second-order valence-corrected chi connectivity index (χ2v) is 5.68. The first kappa shape index (κ1) is 15.7. The summed E-state index contributed by atoms with van der Waals surface area (Å²) in [6.07, 6.45) is 0. The molecule has 1 saturated heterocycles. The van der Waals surface area contributed by atoms with E-state index in [0.717, 1.165) is 44.2 Å². The van der Waals surface area contributed by atoms with Gasteiger partial charge >= 0.3 is 0 Å². The van der Waals surface area contributed by atoms with Crippen LogP contribution in [0.1, 0.15) is 5.56 Å². The van der Waals surface area contributed by atoms with Crippen molar-refractivity contribution in [1.82, 2.24) is 4.90 Å². The highest BCUT2D eigenvalue weighted by Crippen LogP contribution is 2.31. The van der Waals surface area contributed by atoms with Crippen LogP contribution >= 0.6 is 0 Å². The summed E-state index contributed by atoms with van der Waals surface area (Å²) in [4.78, 5) is 4.87. The lowest BCUT2D eigenvalue weighted by Crippen LogP contribution is -2.46. The number of methoxy groups -OCH3 is 2. The van der Waals surface area contributed by atoms with Gasteiger partial charge in [0.05, 0.1) is 14.2 Å². The smallest absolute Gasteiger partial charge is 0.165 e. The van der Waals surface area contributed by atoms with Gasteiger partial charge in [-0.15, -0.1) is 0 Å². The Hall–Kier alpha value is -2.20. The largest absolute Gasteiger partial charge is 0.493 e. The predicted molar refractivity (Wildman–Crippen MR) is 92.3 cm³/mol. The first-order chi connectivity index (χ1) is 11.3. The van der Waals surface area contributed by atoms with Gasteiger partial charge in [-0.05, 0) is 24.3 Å². The van der Waals surface area contributed by atoms with E-state index in [1.807, 2.05) is 24.3 Å². The summed E-state index contributed by atoms with van der Waals surface area (Å²) >= 11 is 0. The van der Waals surface area contributed by atoms with Crippen LogP contribution in [0.3, 0.4) is 0 Å². The van der Waals surface area contributed by atoms with Crippen molar-refractivity contribution < 1.29 is 9.47 Å². The van der Waals surface area contributed by atoms with Gasteiger partial charge in [0.15, 0.2) is 11.5 Å². The van der Waals surface area contributed by atoms with Crippen molar-refractivity contribution in [2.75, 3.05) is 45.3 Å². The monoisotopic (exact) mass is 311 g/mol. The number of rotatable bonds is 5. The summed E-state index contributed by atoms with van der Waals surface area (Å²) in [6, 6.07) is 17.4. The van der Waals surface area contributed by atoms with E-state index < -0.39 is 0 Å². The molecule has 0 bridgehead atoms. The summed E-state index contributed by atoms with van der Waals surface area (Å²) in [5.74, 6) is 1.64. The molecule has 0 unspecified atom stereocenters. The van der Waals surface area contributed by atoms with Crippen LogP contribution in [0.2, 0.25) is 0 Å². The average molecular weight is 311 g/mol. The molecule has 0 spiro atoms. The lowest BCUT2D eigenvalue weighted by molar-refractivity contribution is 0.244. The molecule has 1 aliphatic heterocycles. The van der Waals surface area contributed by atoms with E-state index >= 15 is 0 Å². The molecule has 2 aromatic rings. The number of benzene rings is 2. The zero-order valence-electron chi connectivity index (χ0n) is 13.8. The fraction of sp³-hybridized carbons (Fsp3) is 0.368. The van der Waals surface area contributed by atoms with Gasteiger partial charge in [0.2, 0.25) is 0 Å². The van der Waals surface area contributed by atoms with Gasteiger partial charge in [0.1, 0.15) is 0 Å². The highest BCUT2D eigenvalue weighted by molar-refractivity contribution is 5.47. The topological polar surface area (TPSA) is 24.9 Å². The standard InChI is InChI=1S/C19H23N2O2/c1-22-18-10-6-7-16(19(18)23-2)15-20-11-13-21(14-12-20)17-8-4-3-5-9-17/h3-4,6-10H,11-15H2,1-2H3. The fourth-order valence-corrected chi connectivity index (χ4v) is 3.06.